The molecule has 4 aromatic carbocycles. The van der Waals surface area contributed by atoms with Crippen molar-refractivity contribution >= 4 is 72.5 Å². The maximum absolute atomic E-state index is 13.5. The molecular weight excluding hydrogens is 670 g/mol. The second-order valence-electron chi connectivity index (χ2n) is 9.62. The molecule has 0 aliphatic carbocycles. The fourth-order valence-corrected chi connectivity index (χ4v) is 6.18. The van der Waals surface area contributed by atoms with Crippen molar-refractivity contribution in [2.24, 2.45) is 5.10 Å². The number of amides is 1. The molecule has 0 fully saturated rings. The smallest absolute Gasteiger partial charge is 0.343 e. The number of benzene rings is 4. The molecule has 6 nitrogen and oxygen atoms in total. The van der Waals surface area contributed by atoms with Gasteiger partial charge in [-0.2, -0.15) is 5.10 Å². The molecular formula is C32H24Br2ClN3O3. The Kier molecular flexibility index (Phi) is 8.45. The van der Waals surface area contributed by atoms with E-state index in [0.29, 0.717) is 31.9 Å². The molecule has 9 heteroatoms. The van der Waals surface area contributed by atoms with Crippen molar-refractivity contribution in [2.45, 2.75) is 20.8 Å². The number of ether oxygens (including phenoxy) is 1. The van der Waals surface area contributed by atoms with Gasteiger partial charge in [-0.15, -0.1) is 0 Å². The summed E-state index contributed by atoms with van der Waals surface area (Å²) in [7, 11) is 0. The van der Waals surface area contributed by atoms with Gasteiger partial charge in [0.15, 0.2) is 5.75 Å². The molecule has 0 radical (unpaired) electrons. The number of hydrogen-bond acceptors (Lipinski definition) is 4. The number of nitrogens with one attached hydrogen (secondary N) is 2. The Morgan fingerprint density at radius 2 is 1.68 bits per heavy atom. The number of hydrazone groups is 1. The van der Waals surface area contributed by atoms with Crippen molar-refractivity contribution in [2.75, 3.05) is 0 Å². The molecule has 0 bridgehead atoms. The summed E-state index contributed by atoms with van der Waals surface area (Å²) < 4.78 is 7.00. The first-order valence-electron chi connectivity index (χ1n) is 12.6. The minimum atomic E-state index is -0.514. The van der Waals surface area contributed by atoms with Gasteiger partial charge >= 0.3 is 5.97 Å². The molecule has 5 rings (SSSR count). The van der Waals surface area contributed by atoms with E-state index in [2.05, 4.69) is 53.4 Å². The minimum Gasteiger partial charge on any atom is -0.421 e. The number of aromatic nitrogens is 1. The van der Waals surface area contributed by atoms with Gasteiger partial charge in [-0.3, -0.25) is 4.79 Å². The normalized spacial score (nSPS) is 11.3. The summed E-state index contributed by atoms with van der Waals surface area (Å²) in [5.41, 5.74) is 9.23. The Hall–Kier alpha value is -3.72. The standard InChI is InChI=1S/C32H24Br2ClN3O3/c1-17-8-10-20(11-9-17)32(40)41-30-21(14-22(33)15-25(30)34)16-36-38-31(39)29-27(23-6-4-5-7-26(23)35)24-13-18(2)12-19(3)28(24)37-29/h4-16,37H,1-3H3,(H,38,39). The van der Waals surface area contributed by atoms with Crippen LogP contribution in [0.2, 0.25) is 5.02 Å². The van der Waals surface area contributed by atoms with Crippen LogP contribution in [0, 0.1) is 20.8 Å². The summed E-state index contributed by atoms with van der Waals surface area (Å²) >= 11 is 13.5. The SMILES string of the molecule is Cc1ccc(C(=O)Oc2c(Br)cc(Br)cc2C=NNC(=O)c2[nH]c3c(C)cc(C)cc3c2-c2ccccc2Cl)cc1. The Morgan fingerprint density at radius 3 is 2.41 bits per heavy atom. The number of halogens is 3. The van der Waals surface area contributed by atoms with E-state index in [-0.39, 0.29) is 5.75 Å². The van der Waals surface area contributed by atoms with Crippen LogP contribution in [0.15, 0.2) is 86.8 Å². The van der Waals surface area contributed by atoms with Crippen molar-refractivity contribution in [3.8, 4) is 16.9 Å². The van der Waals surface area contributed by atoms with Gasteiger partial charge in [0.05, 0.1) is 16.3 Å². The van der Waals surface area contributed by atoms with Crippen LogP contribution in [-0.4, -0.2) is 23.1 Å². The van der Waals surface area contributed by atoms with E-state index in [4.69, 9.17) is 16.3 Å². The molecule has 0 spiro atoms. The van der Waals surface area contributed by atoms with E-state index in [9.17, 15) is 9.59 Å². The van der Waals surface area contributed by atoms with E-state index in [1.165, 1.54) is 6.21 Å². The van der Waals surface area contributed by atoms with E-state index < -0.39 is 11.9 Å². The van der Waals surface area contributed by atoms with Crippen LogP contribution in [0.25, 0.3) is 22.0 Å². The molecule has 0 aliphatic heterocycles. The average molecular weight is 694 g/mol. The lowest BCUT2D eigenvalue weighted by Gasteiger charge is -2.11. The minimum absolute atomic E-state index is 0.269. The van der Waals surface area contributed by atoms with Crippen LogP contribution in [-0.2, 0) is 0 Å². The first-order valence-corrected chi connectivity index (χ1v) is 14.6. The zero-order valence-electron chi connectivity index (χ0n) is 22.3. The summed E-state index contributed by atoms with van der Waals surface area (Å²) in [5, 5.41) is 5.64. The van der Waals surface area contributed by atoms with Gasteiger partial charge in [-0.05, 0) is 78.7 Å². The van der Waals surface area contributed by atoms with Crippen LogP contribution >= 0.6 is 43.5 Å². The molecule has 0 unspecified atom stereocenters. The Bertz CT molecular complexity index is 1850. The number of H-pyrrole nitrogens is 1. The van der Waals surface area contributed by atoms with Crippen LogP contribution in [0.1, 0.15) is 43.1 Å². The van der Waals surface area contributed by atoms with Gasteiger partial charge in [0.25, 0.3) is 5.91 Å². The maximum atomic E-state index is 13.5. The quantitative estimate of drug-likeness (QED) is 0.0807. The van der Waals surface area contributed by atoms with Crippen LogP contribution in [0.5, 0.6) is 5.75 Å². The van der Waals surface area contributed by atoms with Gasteiger partial charge in [-0.25, -0.2) is 10.2 Å². The highest BCUT2D eigenvalue weighted by Crippen LogP contribution is 2.38. The number of fused-ring (bicyclic) bond motifs is 1. The van der Waals surface area contributed by atoms with Crippen LogP contribution in [0.3, 0.4) is 0 Å². The Morgan fingerprint density at radius 1 is 0.951 bits per heavy atom. The van der Waals surface area contributed by atoms with Gasteiger partial charge in [-0.1, -0.05) is 75.1 Å². The third kappa shape index (κ3) is 6.15. The largest absolute Gasteiger partial charge is 0.421 e. The van der Waals surface area contributed by atoms with E-state index in [1.807, 2.05) is 57.2 Å². The van der Waals surface area contributed by atoms with Crippen LogP contribution in [0.4, 0.5) is 0 Å². The number of hydrogen-bond donors (Lipinski definition) is 2. The lowest BCUT2D eigenvalue weighted by atomic mass is 9.99. The van der Waals surface area contributed by atoms with Crippen molar-refractivity contribution in [3.05, 3.63) is 120 Å². The number of carbonyl (C=O) groups excluding carboxylic acids is 2. The highest BCUT2D eigenvalue weighted by molar-refractivity contribution is 9.11. The van der Waals surface area contributed by atoms with Crippen molar-refractivity contribution in [1.29, 1.82) is 0 Å². The summed E-state index contributed by atoms with van der Waals surface area (Å²) in [6, 6.07) is 22.1. The summed E-state index contributed by atoms with van der Waals surface area (Å²) in [6.45, 7) is 5.95. The molecule has 5 aromatic rings. The first-order chi connectivity index (χ1) is 19.6. The van der Waals surface area contributed by atoms with E-state index >= 15 is 0 Å². The lowest BCUT2D eigenvalue weighted by molar-refractivity contribution is 0.0733. The fraction of sp³-hybridized carbons (Fsp3) is 0.0938. The van der Waals surface area contributed by atoms with Gasteiger partial charge in [0.1, 0.15) is 5.69 Å². The Labute approximate surface area is 259 Å². The molecule has 1 aromatic heterocycles. The molecule has 0 saturated heterocycles. The zero-order chi connectivity index (χ0) is 29.3. The summed E-state index contributed by atoms with van der Waals surface area (Å²) in [4.78, 5) is 29.6. The van der Waals surface area contributed by atoms with Gasteiger partial charge in [0, 0.05) is 37.1 Å². The molecule has 2 N–H and O–H groups in total. The average Bonchev–Trinajstić information content (AvgIpc) is 3.30. The topological polar surface area (TPSA) is 83.5 Å². The van der Waals surface area contributed by atoms with Crippen molar-refractivity contribution in [3.63, 3.8) is 0 Å². The predicted octanol–water partition coefficient (Wildman–Crippen LogP) is 8.92. The monoisotopic (exact) mass is 691 g/mol. The molecule has 1 heterocycles. The maximum Gasteiger partial charge on any atom is 0.343 e. The highest BCUT2D eigenvalue weighted by atomic mass is 79.9. The van der Waals surface area contributed by atoms with E-state index in [1.54, 1.807) is 30.3 Å². The van der Waals surface area contributed by atoms with Crippen LogP contribution < -0.4 is 10.2 Å². The number of nitrogens with zero attached hydrogens (tertiary/aromatic N) is 1. The van der Waals surface area contributed by atoms with Gasteiger partial charge < -0.3 is 9.72 Å². The summed E-state index contributed by atoms with van der Waals surface area (Å²) in [6.07, 6.45) is 1.43. The fourth-order valence-electron chi connectivity index (χ4n) is 4.61. The number of rotatable bonds is 6. The number of esters is 1. The second kappa shape index (κ2) is 12.0. The number of carbonyl (C=O) groups is 2. The number of aryl methyl sites for hydroxylation is 3. The zero-order valence-corrected chi connectivity index (χ0v) is 26.2. The lowest BCUT2D eigenvalue weighted by Crippen LogP contribution is -2.19. The molecule has 0 saturated carbocycles. The first kappa shape index (κ1) is 28.8. The third-order valence-electron chi connectivity index (χ3n) is 6.51. The van der Waals surface area contributed by atoms with Crippen molar-refractivity contribution in [1.82, 2.24) is 10.4 Å². The van der Waals surface area contributed by atoms with Gasteiger partial charge in [0.2, 0.25) is 0 Å². The summed E-state index contributed by atoms with van der Waals surface area (Å²) in [5.74, 6) is -0.693. The molecule has 1 amide bonds. The second-order valence-corrected chi connectivity index (χ2v) is 11.8. The van der Waals surface area contributed by atoms with E-state index in [0.717, 1.165) is 37.6 Å². The highest BCUT2D eigenvalue weighted by Gasteiger charge is 2.22. The molecule has 206 valence electrons. The molecule has 0 atom stereocenters. The molecule has 41 heavy (non-hydrogen) atoms. The third-order valence-corrected chi connectivity index (χ3v) is 7.88. The number of aromatic amines is 1. The van der Waals surface area contributed by atoms with Crippen molar-refractivity contribution < 1.29 is 14.3 Å². The predicted molar refractivity (Wildman–Crippen MR) is 171 cm³/mol. The Balaban J connectivity index is 1.47. The molecule has 0 aliphatic rings.